The fraction of sp³-hybridized carbons (Fsp3) is 0.333. The van der Waals surface area contributed by atoms with E-state index in [1.807, 2.05) is 13.0 Å². The summed E-state index contributed by atoms with van der Waals surface area (Å²) in [6.45, 7) is 2.37. The first-order valence-electron chi connectivity index (χ1n) is 12.3. The van der Waals surface area contributed by atoms with Gasteiger partial charge in [-0.2, -0.15) is 0 Å². The molecule has 0 unspecified atom stereocenters. The first kappa shape index (κ1) is 28.7. The van der Waals surface area contributed by atoms with E-state index in [0.29, 0.717) is 12.0 Å². The summed E-state index contributed by atoms with van der Waals surface area (Å²) in [5.74, 6) is -1.05. The highest BCUT2D eigenvalue weighted by Gasteiger charge is 2.28. The minimum Gasteiger partial charge on any atom is -0.383 e. The van der Waals surface area contributed by atoms with Gasteiger partial charge in [0.15, 0.2) is 5.69 Å². The van der Waals surface area contributed by atoms with Gasteiger partial charge < -0.3 is 20.7 Å². The maximum Gasteiger partial charge on any atom is 0.330 e. The number of aromatic nitrogens is 2. The largest absolute Gasteiger partial charge is 0.383 e. The van der Waals surface area contributed by atoms with Gasteiger partial charge in [-0.15, -0.1) is 0 Å². The summed E-state index contributed by atoms with van der Waals surface area (Å²) in [5, 5.41) is 3.16. The molecule has 0 bridgehead atoms. The van der Waals surface area contributed by atoms with Gasteiger partial charge in [-0.3, -0.25) is 23.9 Å². The molecule has 4 N–H and O–H groups in total. The molecule has 2 aromatic carbocycles. The van der Waals surface area contributed by atoms with Crippen LogP contribution in [0.2, 0.25) is 5.02 Å². The van der Waals surface area contributed by atoms with Crippen LogP contribution in [0.1, 0.15) is 48.1 Å². The molecule has 0 saturated heterocycles. The maximum atomic E-state index is 13.7. The van der Waals surface area contributed by atoms with Crippen LogP contribution in [-0.2, 0) is 16.1 Å². The van der Waals surface area contributed by atoms with Crippen molar-refractivity contribution in [3.63, 3.8) is 0 Å². The molecule has 2 amide bonds. The van der Waals surface area contributed by atoms with Crippen LogP contribution in [-0.4, -0.2) is 41.6 Å². The van der Waals surface area contributed by atoms with E-state index in [1.54, 1.807) is 48.5 Å². The van der Waals surface area contributed by atoms with Crippen molar-refractivity contribution >= 4 is 34.9 Å². The van der Waals surface area contributed by atoms with Crippen LogP contribution in [0.3, 0.4) is 0 Å². The molecule has 1 heterocycles. The van der Waals surface area contributed by atoms with Gasteiger partial charge in [0.1, 0.15) is 5.82 Å². The van der Waals surface area contributed by atoms with E-state index >= 15 is 0 Å². The lowest BCUT2D eigenvalue weighted by molar-refractivity contribution is -0.119. The van der Waals surface area contributed by atoms with Gasteiger partial charge in [-0.1, -0.05) is 67.4 Å². The van der Waals surface area contributed by atoms with Crippen molar-refractivity contribution < 1.29 is 14.3 Å². The molecule has 3 aromatic rings. The van der Waals surface area contributed by atoms with Gasteiger partial charge in [-0.25, -0.2) is 4.79 Å². The van der Waals surface area contributed by atoms with Crippen molar-refractivity contribution in [3.05, 3.63) is 91.6 Å². The summed E-state index contributed by atoms with van der Waals surface area (Å²) in [5.41, 5.74) is 5.67. The molecule has 0 radical (unpaired) electrons. The number of benzene rings is 2. The number of carbonyl (C=O) groups is 2. The number of aromatic amines is 1. The predicted molar refractivity (Wildman–Crippen MR) is 148 cm³/mol. The Kier molecular flexibility index (Phi) is 10.3. The number of anilines is 2. The minimum absolute atomic E-state index is 0.00850. The summed E-state index contributed by atoms with van der Waals surface area (Å²) in [7, 11) is 1.47. The maximum absolute atomic E-state index is 13.7. The molecule has 1 aromatic heterocycles. The quantitative estimate of drug-likeness (QED) is 0.322. The second-order valence-electron chi connectivity index (χ2n) is 8.66. The number of methoxy groups -OCH3 is 1. The molecule has 11 heteroatoms. The average Bonchev–Trinajstić information content (AvgIpc) is 2.90. The fourth-order valence-electron chi connectivity index (χ4n) is 4.02. The lowest BCUT2D eigenvalue weighted by atomic mass is 10.0. The van der Waals surface area contributed by atoms with Crippen LogP contribution in [0.15, 0.2) is 64.2 Å². The summed E-state index contributed by atoms with van der Waals surface area (Å²) in [6, 6.07) is 14.8. The number of carbonyl (C=O) groups excluding carboxylic acids is 2. The number of ether oxygens (including phenoxy) is 1. The third-order valence-corrected chi connectivity index (χ3v) is 6.37. The molecule has 0 saturated carbocycles. The molecule has 0 aliphatic carbocycles. The Hall–Kier alpha value is -3.89. The topological polar surface area (TPSA) is 140 Å². The van der Waals surface area contributed by atoms with Gasteiger partial charge in [-0.05, 0) is 24.1 Å². The zero-order valence-corrected chi connectivity index (χ0v) is 22.2. The van der Waals surface area contributed by atoms with Crippen molar-refractivity contribution in [2.45, 2.75) is 38.8 Å². The van der Waals surface area contributed by atoms with Crippen LogP contribution in [0.4, 0.5) is 11.5 Å². The van der Waals surface area contributed by atoms with E-state index in [4.69, 9.17) is 22.1 Å². The van der Waals surface area contributed by atoms with Crippen LogP contribution in [0.5, 0.6) is 0 Å². The smallest absolute Gasteiger partial charge is 0.330 e. The molecule has 0 fully saturated rings. The minimum atomic E-state index is -0.777. The van der Waals surface area contributed by atoms with Crippen molar-refractivity contribution in [2.24, 2.45) is 0 Å². The molecule has 0 aliphatic heterocycles. The normalized spacial score (nSPS) is 11.7. The highest BCUT2D eigenvalue weighted by Crippen LogP contribution is 2.24. The van der Waals surface area contributed by atoms with Gasteiger partial charge >= 0.3 is 5.69 Å². The van der Waals surface area contributed by atoms with Gasteiger partial charge in [0.25, 0.3) is 11.5 Å². The number of nitrogen functional groups attached to an aromatic ring is 1. The number of nitrogens with two attached hydrogens (primary N) is 1. The highest BCUT2D eigenvalue weighted by atomic mass is 35.5. The number of hydrogen-bond donors (Lipinski definition) is 3. The molecular weight excluding hydrogens is 510 g/mol. The highest BCUT2D eigenvalue weighted by molar-refractivity contribution is 6.33. The lowest BCUT2D eigenvalue weighted by Gasteiger charge is -2.27. The van der Waals surface area contributed by atoms with Crippen LogP contribution < -0.4 is 27.2 Å². The van der Waals surface area contributed by atoms with E-state index < -0.39 is 29.1 Å². The summed E-state index contributed by atoms with van der Waals surface area (Å²) in [6.07, 6.45) is 1.26. The molecule has 3 rings (SSSR count). The zero-order chi connectivity index (χ0) is 27.7. The number of amides is 2. The van der Waals surface area contributed by atoms with E-state index in [0.717, 1.165) is 6.42 Å². The predicted octanol–water partition coefficient (Wildman–Crippen LogP) is 3.11. The Balaban J connectivity index is 1.99. The molecule has 0 spiro atoms. The van der Waals surface area contributed by atoms with Crippen molar-refractivity contribution in [1.29, 1.82) is 0 Å². The number of rotatable bonds is 12. The standard InChI is InChI=1S/C27H32ClN5O5/c1-3-4-14-33-24(29)23(26(36)31-27(33)37)32(15-16-38-2)22(34)17-21(18-10-6-5-7-11-18)30-25(35)19-12-8-9-13-20(19)28/h5-13,21H,3-4,14-17,29H2,1-2H3,(H,30,35)(H,31,36,37)/t21-/m0/s1. The molecule has 38 heavy (non-hydrogen) atoms. The molecular formula is C27H32ClN5O5. The summed E-state index contributed by atoms with van der Waals surface area (Å²) >= 11 is 6.21. The summed E-state index contributed by atoms with van der Waals surface area (Å²) < 4.78 is 6.42. The van der Waals surface area contributed by atoms with Crippen LogP contribution in [0, 0.1) is 0 Å². The van der Waals surface area contributed by atoms with Crippen molar-refractivity contribution in [3.8, 4) is 0 Å². The second-order valence-corrected chi connectivity index (χ2v) is 9.06. The second kappa shape index (κ2) is 13.6. The van der Waals surface area contributed by atoms with Gasteiger partial charge in [0.2, 0.25) is 5.91 Å². The Labute approximate surface area is 225 Å². The van der Waals surface area contributed by atoms with Crippen molar-refractivity contribution in [2.75, 3.05) is 30.9 Å². The molecule has 10 nitrogen and oxygen atoms in total. The summed E-state index contributed by atoms with van der Waals surface area (Å²) in [4.78, 5) is 55.6. The lowest BCUT2D eigenvalue weighted by Crippen LogP contribution is -2.44. The molecule has 1 atom stereocenters. The van der Waals surface area contributed by atoms with E-state index in [1.165, 1.54) is 16.6 Å². The number of hydrogen-bond acceptors (Lipinski definition) is 6. The third-order valence-electron chi connectivity index (χ3n) is 6.04. The zero-order valence-electron chi connectivity index (χ0n) is 21.4. The van der Waals surface area contributed by atoms with Crippen LogP contribution in [0.25, 0.3) is 0 Å². The monoisotopic (exact) mass is 541 g/mol. The van der Waals surface area contributed by atoms with E-state index in [-0.39, 0.29) is 48.2 Å². The SMILES string of the molecule is CCCCn1c(N)c(N(CCOC)C(=O)C[C@H](NC(=O)c2ccccc2Cl)c2ccccc2)c(=O)[nH]c1=O. The fourth-order valence-corrected chi connectivity index (χ4v) is 4.25. The van der Waals surface area contributed by atoms with Crippen molar-refractivity contribution in [1.82, 2.24) is 14.9 Å². The number of nitrogens with zero attached hydrogens (tertiary/aromatic N) is 2. The average molecular weight is 542 g/mol. The number of unbranched alkanes of at least 4 members (excludes halogenated alkanes) is 1. The Morgan fingerprint density at radius 2 is 1.82 bits per heavy atom. The van der Waals surface area contributed by atoms with E-state index in [2.05, 4.69) is 10.3 Å². The van der Waals surface area contributed by atoms with E-state index in [9.17, 15) is 19.2 Å². The molecule has 202 valence electrons. The molecule has 0 aliphatic rings. The Bertz CT molecular complexity index is 1370. The first-order valence-corrected chi connectivity index (χ1v) is 12.7. The first-order chi connectivity index (χ1) is 18.3. The number of nitrogens with one attached hydrogen (secondary N) is 2. The Morgan fingerprint density at radius 3 is 2.47 bits per heavy atom. The Morgan fingerprint density at radius 1 is 1.13 bits per heavy atom. The van der Waals surface area contributed by atoms with Crippen LogP contribution >= 0.6 is 11.6 Å². The van der Waals surface area contributed by atoms with Gasteiger partial charge in [0.05, 0.1) is 29.7 Å². The number of H-pyrrole nitrogens is 1. The third kappa shape index (κ3) is 6.90. The number of halogens is 1. The van der Waals surface area contributed by atoms with Gasteiger partial charge in [0, 0.05) is 20.2 Å².